The summed E-state index contributed by atoms with van der Waals surface area (Å²) in [6.07, 6.45) is 4.12. The first-order chi connectivity index (χ1) is 14.5. The van der Waals surface area contributed by atoms with Gasteiger partial charge in [0.1, 0.15) is 5.82 Å². The van der Waals surface area contributed by atoms with Crippen molar-refractivity contribution in [3.63, 3.8) is 0 Å². The molecule has 2 fully saturated rings. The Hall–Kier alpha value is -2.67. The smallest absolute Gasteiger partial charge is 0.274 e. The van der Waals surface area contributed by atoms with Crippen molar-refractivity contribution in [3.8, 4) is 0 Å². The van der Waals surface area contributed by atoms with Crippen LogP contribution in [0.5, 0.6) is 0 Å². The number of nitrogens with one attached hydrogen (secondary N) is 1. The maximum Gasteiger partial charge on any atom is 0.274 e. The average Bonchev–Trinajstić information content (AvgIpc) is 3.40. The molecule has 2 aromatic rings. The summed E-state index contributed by atoms with van der Waals surface area (Å²) in [5.74, 6) is 0.648. The Morgan fingerprint density at radius 1 is 1.07 bits per heavy atom. The summed E-state index contributed by atoms with van der Waals surface area (Å²) >= 11 is 0. The number of carbonyl (C=O) groups excluding carboxylic acids is 2. The van der Waals surface area contributed by atoms with Gasteiger partial charge in [0, 0.05) is 51.8 Å². The van der Waals surface area contributed by atoms with Crippen LogP contribution in [0.15, 0.2) is 30.3 Å². The lowest BCUT2D eigenvalue weighted by Gasteiger charge is -2.34. The van der Waals surface area contributed by atoms with Crippen molar-refractivity contribution in [2.75, 3.05) is 31.5 Å². The predicted octanol–water partition coefficient (Wildman–Crippen LogP) is 2.82. The van der Waals surface area contributed by atoms with E-state index in [0.717, 1.165) is 45.3 Å². The van der Waals surface area contributed by atoms with Gasteiger partial charge >= 0.3 is 0 Å². The van der Waals surface area contributed by atoms with Crippen molar-refractivity contribution in [2.24, 2.45) is 13.0 Å². The summed E-state index contributed by atoms with van der Waals surface area (Å²) in [6, 6.07) is 10.3. The van der Waals surface area contributed by atoms with Gasteiger partial charge in [-0.15, -0.1) is 0 Å². The summed E-state index contributed by atoms with van der Waals surface area (Å²) in [7, 11) is 1.76. The molecule has 1 aromatic heterocycles. The van der Waals surface area contributed by atoms with Crippen molar-refractivity contribution < 1.29 is 9.59 Å². The van der Waals surface area contributed by atoms with E-state index in [0.29, 0.717) is 24.6 Å². The van der Waals surface area contributed by atoms with Gasteiger partial charge in [0.25, 0.3) is 5.91 Å². The van der Waals surface area contributed by atoms with E-state index in [1.54, 1.807) is 17.8 Å². The number of amides is 2. The Bertz CT molecular complexity index is 891. The van der Waals surface area contributed by atoms with Gasteiger partial charge in [-0.1, -0.05) is 42.7 Å². The van der Waals surface area contributed by atoms with Gasteiger partial charge in [0.2, 0.25) is 5.91 Å². The fraction of sp³-hybridized carbons (Fsp3) is 0.522. The lowest BCUT2D eigenvalue weighted by atomic mass is 10.1. The molecule has 7 nitrogen and oxygen atoms in total. The van der Waals surface area contributed by atoms with Gasteiger partial charge in [-0.3, -0.25) is 19.2 Å². The number of anilines is 1. The highest BCUT2D eigenvalue weighted by Gasteiger charge is 2.26. The van der Waals surface area contributed by atoms with Crippen molar-refractivity contribution in [1.82, 2.24) is 19.6 Å². The van der Waals surface area contributed by atoms with Gasteiger partial charge in [0.05, 0.1) is 0 Å². The number of piperazine rings is 1. The molecule has 0 bridgehead atoms. The number of aryl methyl sites for hydroxylation is 2. The SMILES string of the molecule is Cc1ccc(CN2CCN(C(=O)c3cc(NC(=O)C4CCCC4)n(C)n3)CC2)cc1. The molecule has 0 unspecified atom stereocenters. The standard InChI is InChI=1S/C23H31N5O2/c1-17-7-9-18(10-8-17)16-27-11-13-28(14-12-27)23(30)20-15-21(26(2)25-20)24-22(29)19-5-3-4-6-19/h7-10,15,19H,3-6,11-14,16H2,1-2H3,(H,24,29). The maximum absolute atomic E-state index is 12.9. The molecule has 7 heteroatoms. The number of aromatic nitrogens is 2. The summed E-state index contributed by atoms with van der Waals surface area (Å²) in [5.41, 5.74) is 2.96. The molecule has 1 saturated heterocycles. The second-order valence-electron chi connectivity index (χ2n) is 8.56. The molecule has 0 radical (unpaired) electrons. The highest BCUT2D eigenvalue weighted by atomic mass is 16.2. The first-order valence-electron chi connectivity index (χ1n) is 10.9. The number of hydrogen-bond donors (Lipinski definition) is 1. The lowest BCUT2D eigenvalue weighted by Crippen LogP contribution is -2.48. The predicted molar refractivity (Wildman–Crippen MR) is 116 cm³/mol. The second-order valence-corrected chi connectivity index (χ2v) is 8.56. The molecule has 1 aliphatic heterocycles. The van der Waals surface area contributed by atoms with Crippen LogP contribution in [0.25, 0.3) is 0 Å². The zero-order valence-electron chi connectivity index (χ0n) is 17.9. The molecular weight excluding hydrogens is 378 g/mol. The largest absolute Gasteiger partial charge is 0.335 e. The van der Waals surface area contributed by atoms with Crippen molar-refractivity contribution in [2.45, 2.75) is 39.2 Å². The summed E-state index contributed by atoms with van der Waals surface area (Å²) in [5, 5.41) is 7.31. The van der Waals surface area contributed by atoms with E-state index in [1.807, 2.05) is 4.90 Å². The van der Waals surface area contributed by atoms with E-state index >= 15 is 0 Å². The summed E-state index contributed by atoms with van der Waals surface area (Å²) < 4.78 is 1.59. The number of benzene rings is 1. The van der Waals surface area contributed by atoms with Crippen LogP contribution in [0.1, 0.15) is 47.3 Å². The van der Waals surface area contributed by atoms with Crippen LogP contribution >= 0.6 is 0 Å². The quantitative estimate of drug-likeness (QED) is 0.824. The molecule has 1 aromatic carbocycles. The molecule has 0 spiro atoms. The second kappa shape index (κ2) is 9.00. The summed E-state index contributed by atoms with van der Waals surface area (Å²) in [4.78, 5) is 29.6. The minimum Gasteiger partial charge on any atom is -0.335 e. The average molecular weight is 410 g/mol. The Morgan fingerprint density at radius 2 is 1.73 bits per heavy atom. The molecule has 160 valence electrons. The van der Waals surface area contributed by atoms with Crippen LogP contribution in [0, 0.1) is 12.8 Å². The Morgan fingerprint density at radius 3 is 2.40 bits per heavy atom. The first-order valence-corrected chi connectivity index (χ1v) is 10.9. The maximum atomic E-state index is 12.9. The third kappa shape index (κ3) is 4.73. The van der Waals surface area contributed by atoms with Gasteiger partial charge in [-0.05, 0) is 25.3 Å². The highest BCUT2D eigenvalue weighted by molar-refractivity contribution is 5.96. The van der Waals surface area contributed by atoms with Gasteiger partial charge in [-0.25, -0.2) is 0 Å². The van der Waals surface area contributed by atoms with Crippen LogP contribution in [0.2, 0.25) is 0 Å². The monoisotopic (exact) mass is 409 g/mol. The van der Waals surface area contributed by atoms with Crippen LogP contribution in [-0.2, 0) is 18.4 Å². The Labute approximate surface area is 178 Å². The molecule has 2 heterocycles. The van der Waals surface area contributed by atoms with Crippen molar-refractivity contribution in [3.05, 3.63) is 47.2 Å². The van der Waals surface area contributed by atoms with Crippen molar-refractivity contribution >= 4 is 17.6 Å². The molecule has 1 aliphatic carbocycles. The molecule has 1 N–H and O–H groups in total. The molecular formula is C23H31N5O2. The van der Waals surface area contributed by atoms with Crippen LogP contribution in [0.4, 0.5) is 5.82 Å². The van der Waals surface area contributed by atoms with Crippen molar-refractivity contribution in [1.29, 1.82) is 0 Å². The minimum absolute atomic E-state index is 0.0409. The number of hydrogen-bond acceptors (Lipinski definition) is 4. The molecule has 0 atom stereocenters. The number of carbonyl (C=O) groups is 2. The fourth-order valence-corrected chi connectivity index (χ4v) is 4.33. The topological polar surface area (TPSA) is 70.5 Å². The normalized spacial score (nSPS) is 18.0. The Balaban J connectivity index is 1.31. The van der Waals surface area contributed by atoms with E-state index in [-0.39, 0.29) is 17.7 Å². The lowest BCUT2D eigenvalue weighted by molar-refractivity contribution is -0.119. The number of rotatable bonds is 5. The van der Waals surface area contributed by atoms with Crippen LogP contribution < -0.4 is 5.32 Å². The highest BCUT2D eigenvalue weighted by Crippen LogP contribution is 2.26. The zero-order valence-corrected chi connectivity index (χ0v) is 17.9. The summed E-state index contributed by atoms with van der Waals surface area (Å²) in [6.45, 7) is 6.06. The van der Waals surface area contributed by atoms with E-state index < -0.39 is 0 Å². The minimum atomic E-state index is -0.0676. The molecule has 30 heavy (non-hydrogen) atoms. The van der Waals surface area contributed by atoms with E-state index in [4.69, 9.17) is 0 Å². The molecule has 1 saturated carbocycles. The Kier molecular flexibility index (Phi) is 6.18. The van der Waals surface area contributed by atoms with E-state index in [2.05, 4.69) is 46.5 Å². The van der Waals surface area contributed by atoms with E-state index in [9.17, 15) is 9.59 Å². The number of nitrogens with zero attached hydrogens (tertiary/aromatic N) is 4. The van der Waals surface area contributed by atoms with Crippen LogP contribution in [-0.4, -0.2) is 57.6 Å². The zero-order chi connectivity index (χ0) is 21.1. The molecule has 2 aliphatic rings. The van der Waals surface area contributed by atoms with Crippen LogP contribution in [0.3, 0.4) is 0 Å². The van der Waals surface area contributed by atoms with Gasteiger partial charge < -0.3 is 10.2 Å². The molecule has 4 rings (SSSR count). The van der Waals surface area contributed by atoms with Gasteiger partial charge in [-0.2, -0.15) is 5.10 Å². The molecule has 2 amide bonds. The van der Waals surface area contributed by atoms with E-state index in [1.165, 1.54) is 11.1 Å². The fourth-order valence-electron chi connectivity index (χ4n) is 4.33. The van der Waals surface area contributed by atoms with Gasteiger partial charge in [0.15, 0.2) is 5.69 Å². The first kappa shape index (κ1) is 20.6. The third-order valence-corrected chi connectivity index (χ3v) is 6.26. The third-order valence-electron chi connectivity index (χ3n) is 6.26.